The second-order valence-corrected chi connectivity index (χ2v) is 7.08. The average molecular weight is 458 g/mol. The van der Waals surface area contributed by atoms with Crippen LogP contribution in [0.15, 0.2) is 48.5 Å². The van der Waals surface area contributed by atoms with E-state index in [4.69, 9.17) is 49.7 Å². The molecule has 0 saturated carbocycles. The maximum atomic E-state index is 4.74. The van der Waals surface area contributed by atoms with Gasteiger partial charge < -0.3 is 60.3 Å². The molecule has 0 aliphatic heterocycles. The Morgan fingerprint density at radius 2 is 1.00 bits per heavy atom. The first-order chi connectivity index (χ1) is 11.4. The third kappa shape index (κ3) is 10.8. The summed E-state index contributed by atoms with van der Waals surface area (Å²) in [5, 5.41) is 5.80. The van der Waals surface area contributed by atoms with Gasteiger partial charge in [-0.15, -0.1) is 0 Å². The third-order valence-electron chi connectivity index (χ3n) is 3.22. The first kappa shape index (κ1) is 24.3. The number of hydrogen-bond acceptors (Lipinski definition) is 4. The number of benzene rings is 2. The standard InChI is InChI=1S/2C9H11NS2.Zn/c2*1-2-7-3-5-8(6-4-7)10-9(11)12;/h2*3-6H,2H2,1H3,(H2,10,11,12);/q;;+2/p-2. The van der Waals surface area contributed by atoms with E-state index in [1.807, 2.05) is 24.3 Å². The molecule has 2 aromatic rings. The van der Waals surface area contributed by atoms with E-state index < -0.39 is 0 Å². The molecule has 0 bridgehead atoms. The van der Waals surface area contributed by atoms with Crippen LogP contribution in [0.2, 0.25) is 0 Å². The van der Waals surface area contributed by atoms with Crippen molar-refractivity contribution in [1.29, 1.82) is 0 Å². The third-order valence-corrected chi connectivity index (χ3v) is 3.63. The van der Waals surface area contributed by atoms with Gasteiger partial charge in [0.15, 0.2) is 0 Å². The van der Waals surface area contributed by atoms with Crippen LogP contribution in [0.5, 0.6) is 0 Å². The van der Waals surface area contributed by atoms with Crippen molar-refractivity contribution in [3.63, 3.8) is 0 Å². The zero-order valence-corrected chi connectivity index (χ0v) is 20.6. The van der Waals surface area contributed by atoms with Crippen LogP contribution in [-0.4, -0.2) is 8.64 Å². The molecule has 25 heavy (non-hydrogen) atoms. The van der Waals surface area contributed by atoms with Crippen LogP contribution in [0.3, 0.4) is 0 Å². The number of aryl methyl sites for hydroxylation is 2. The zero-order valence-electron chi connectivity index (χ0n) is 14.4. The van der Waals surface area contributed by atoms with Crippen molar-refractivity contribution in [2.24, 2.45) is 0 Å². The van der Waals surface area contributed by atoms with Gasteiger partial charge in [-0.2, -0.15) is 0 Å². The van der Waals surface area contributed by atoms with Crippen LogP contribution in [0.25, 0.3) is 0 Å². The van der Waals surface area contributed by atoms with Crippen molar-refractivity contribution in [3.05, 3.63) is 59.7 Å². The van der Waals surface area contributed by atoms with Crippen LogP contribution in [-0.2, 0) is 57.6 Å². The van der Waals surface area contributed by atoms with E-state index in [9.17, 15) is 0 Å². The summed E-state index contributed by atoms with van der Waals surface area (Å²) in [6.45, 7) is 4.25. The summed E-state index contributed by atoms with van der Waals surface area (Å²) in [4.78, 5) is 0. The van der Waals surface area contributed by atoms with Crippen LogP contribution in [0.1, 0.15) is 25.0 Å². The van der Waals surface area contributed by atoms with Crippen LogP contribution in [0.4, 0.5) is 11.4 Å². The predicted octanol–water partition coefficient (Wildman–Crippen LogP) is 4.98. The minimum atomic E-state index is 0. The molecular weight excluding hydrogens is 438 g/mol. The van der Waals surface area contributed by atoms with Gasteiger partial charge in [-0.3, -0.25) is 0 Å². The molecule has 2 N–H and O–H groups in total. The number of hydrogen-bond donors (Lipinski definition) is 2. The number of nitrogens with one attached hydrogen (secondary N) is 2. The van der Waals surface area contributed by atoms with Gasteiger partial charge in [-0.25, -0.2) is 0 Å². The number of anilines is 2. The molecule has 2 nitrogen and oxygen atoms in total. The Bertz CT molecular complexity index is 598. The maximum absolute atomic E-state index is 4.74. The van der Waals surface area contributed by atoms with Gasteiger partial charge in [0.1, 0.15) is 0 Å². The summed E-state index contributed by atoms with van der Waals surface area (Å²) in [5.74, 6) is 0. The minimum absolute atomic E-state index is 0. The SMILES string of the molecule is CCc1ccc(NC(=S)[S-])cc1.CCc1ccc(NC(=S)[S-])cc1.[Zn+2]. The van der Waals surface area contributed by atoms with Gasteiger partial charge in [0, 0.05) is 11.4 Å². The molecule has 2 rings (SSSR count). The Hall–Kier alpha value is -0.717. The fourth-order valence-electron chi connectivity index (χ4n) is 1.88. The second-order valence-electron chi connectivity index (χ2n) is 4.93. The Morgan fingerprint density at radius 3 is 1.20 bits per heavy atom. The normalized spacial score (nSPS) is 9.04. The van der Waals surface area contributed by atoms with Gasteiger partial charge in [-0.05, 0) is 48.2 Å². The predicted molar refractivity (Wildman–Crippen MR) is 119 cm³/mol. The van der Waals surface area contributed by atoms with Crippen molar-refractivity contribution in [1.82, 2.24) is 0 Å². The van der Waals surface area contributed by atoms with Crippen molar-refractivity contribution >= 4 is 69.7 Å². The molecule has 0 unspecified atom stereocenters. The van der Waals surface area contributed by atoms with E-state index in [0.717, 1.165) is 24.2 Å². The monoisotopic (exact) mass is 456 g/mol. The van der Waals surface area contributed by atoms with Gasteiger partial charge in [0.25, 0.3) is 0 Å². The van der Waals surface area contributed by atoms with E-state index in [0.29, 0.717) is 8.64 Å². The van der Waals surface area contributed by atoms with E-state index in [1.165, 1.54) is 11.1 Å². The van der Waals surface area contributed by atoms with Crippen molar-refractivity contribution in [2.75, 3.05) is 10.6 Å². The summed E-state index contributed by atoms with van der Waals surface area (Å²) in [5.41, 5.74) is 4.56. The molecule has 0 amide bonds. The Balaban J connectivity index is 0.000000443. The second kappa shape index (κ2) is 13.5. The maximum Gasteiger partial charge on any atom is 2.00 e. The molecule has 2 aromatic carbocycles. The molecule has 0 heterocycles. The van der Waals surface area contributed by atoms with Gasteiger partial charge in [-0.1, -0.05) is 46.8 Å². The molecule has 0 spiro atoms. The van der Waals surface area contributed by atoms with E-state index >= 15 is 0 Å². The van der Waals surface area contributed by atoms with Crippen LogP contribution in [0, 0.1) is 0 Å². The Kier molecular flexibility index (Phi) is 13.1. The molecule has 0 aliphatic carbocycles. The van der Waals surface area contributed by atoms with Crippen LogP contribution < -0.4 is 10.6 Å². The molecule has 7 heteroatoms. The average Bonchev–Trinajstić information content (AvgIpc) is 2.56. The molecule has 0 aliphatic rings. The largest absolute Gasteiger partial charge is 2.00 e. The topological polar surface area (TPSA) is 24.1 Å². The molecule has 0 aromatic heterocycles. The Morgan fingerprint density at radius 1 is 0.720 bits per heavy atom. The quantitative estimate of drug-likeness (QED) is 0.381. The van der Waals surface area contributed by atoms with Crippen molar-refractivity contribution in [3.8, 4) is 0 Å². The minimum Gasteiger partial charge on any atom is -0.411 e. The van der Waals surface area contributed by atoms with Gasteiger partial charge in [0.2, 0.25) is 0 Å². The summed E-state index contributed by atoms with van der Waals surface area (Å²) in [6, 6.07) is 16.2. The molecule has 0 atom stereocenters. The van der Waals surface area contributed by atoms with Crippen molar-refractivity contribution in [2.45, 2.75) is 26.7 Å². The summed E-state index contributed by atoms with van der Waals surface area (Å²) in [6.07, 6.45) is 2.11. The van der Waals surface area contributed by atoms with E-state index in [2.05, 4.69) is 48.7 Å². The summed E-state index contributed by atoms with van der Waals surface area (Å²) < 4.78 is 0.776. The zero-order chi connectivity index (χ0) is 17.9. The summed E-state index contributed by atoms with van der Waals surface area (Å²) >= 11 is 19.0. The number of thiocarbonyl (C=S) groups is 2. The smallest absolute Gasteiger partial charge is 0.411 e. The first-order valence-corrected chi connectivity index (χ1v) is 9.21. The summed E-state index contributed by atoms with van der Waals surface area (Å²) in [7, 11) is 0. The Labute approximate surface area is 185 Å². The van der Waals surface area contributed by atoms with E-state index in [1.54, 1.807) is 0 Å². The molecule has 0 radical (unpaired) electrons. The molecule has 128 valence electrons. The van der Waals surface area contributed by atoms with Gasteiger partial charge >= 0.3 is 19.5 Å². The number of rotatable bonds is 4. The van der Waals surface area contributed by atoms with Crippen molar-refractivity contribution < 1.29 is 19.5 Å². The molecule has 0 saturated heterocycles. The fraction of sp³-hybridized carbons (Fsp3) is 0.222. The molecular formula is C18H20N2S4Zn. The molecule has 0 fully saturated rings. The van der Waals surface area contributed by atoms with Crippen LogP contribution >= 0.6 is 24.4 Å². The fourth-order valence-corrected chi connectivity index (χ4v) is 2.35. The van der Waals surface area contributed by atoms with Gasteiger partial charge in [0.05, 0.1) is 0 Å². The first-order valence-electron chi connectivity index (χ1n) is 7.58. The van der Waals surface area contributed by atoms with E-state index in [-0.39, 0.29) is 19.5 Å².